The molecule has 4 nitrogen and oxygen atoms in total. The number of anilines is 1. The van der Waals surface area contributed by atoms with Gasteiger partial charge in [0.15, 0.2) is 0 Å². The maximum absolute atomic E-state index is 12.4. The number of para-hydroxylation sites is 1. The molecule has 20 heavy (non-hydrogen) atoms. The molecule has 1 amide bonds. The molecule has 0 saturated carbocycles. The Hall–Kier alpha value is -2.62. The van der Waals surface area contributed by atoms with Gasteiger partial charge in [0.1, 0.15) is 5.71 Å². The van der Waals surface area contributed by atoms with Crippen LogP contribution in [0.2, 0.25) is 0 Å². The van der Waals surface area contributed by atoms with E-state index in [1.807, 2.05) is 60.7 Å². The zero-order valence-corrected chi connectivity index (χ0v) is 10.8. The highest BCUT2D eigenvalue weighted by Crippen LogP contribution is 2.35. The van der Waals surface area contributed by atoms with E-state index in [0.29, 0.717) is 6.42 Å². The number of hydrogen-bond acceptors (Lipinski definition) is 3. The van der Waals surface area contributed by atoms with Crippen LogP contribution in [0.15, 0.2) is 65.8 Å². The SMILES string of the molecule is O=C1/C(=N/O)CC(c2ccccc2)N1c1ccccc1. The summed E-state index contributed by atoms with van der Waals surface area (Å²) < 4.78 is 0. The highest BCUT2D eigenvalue weighted by Gasteiger charge is 2.38. The molecule has 1 N–H and O–H groups in total. The first kappa shape index (κ1) is 12.4. The molecular weight excluding hydrogens is 252 g/mol. The zero-order chi connectivity index (χ0) is 13.9. The number of hydrogen-bond donors (Lipinski definition) is 1. The maximum atomic E-state index is 12.4. The topological polar surface area (TPSA) is 52.9 Å². The summed E-state index contributed by atoms with van der Waals surface area (Å²) in [5.41, 5.74) is 2.04. The lowest BCUT2D eigenvalue weighted by molar-refractivity contribution is -0.112. The fourth-order valence-corrected chi connectivity index (χ4v) is 2.55. The summed E-state index contributed by atoms with van der Waals surface area (Å²) in [6, 6.07) is 19.1. The highest BCUT2D eigenvalue weighted by atomic mass is 16.4. The standard InChI is InChI=1S/C16H14N2O2/c19-16-14(17-20)11-15(12-7-3-1-4-8-12)18(16)13-9-5-2-6-10-13/h1-10,15,20H,11H2/b17-14+. The number of oxime groups is 1. The van der Waals surface area contributed by atoms with Crippen LogP contribution in [-0.2, 0) is 4.79 Å². The van der Waals surface area contributed by atoms with Crippen molar-refractivity contribution in [2.45, 2.75) is 12.5 Å². The van der Waals surface area contributed by atoms with Crippen LogP contribution in [0.1, 0.15) is 18.0 Å². The van der Waals surface area contributed by atoms with E-state index >= 15 is 0 Å². The minimum atomic E-state index is -0.243. The van der Waals surface area contributed by atoms with Crippen molar-refractivity contribution in [2.24, 2.45) is 5.16 Å². The third kappa shape index (κ3) is 2.05. The molecule has 1 aliphatic heterocycles. The first-order chi connectivity index (χ1) is 9.81. The second-order valence-electron chi connectivity index (χ2n) is 4.69. The highest BCUT2D eigenvalue weighted by molar-refractivity contribution is 6.46. The molecule has 1 aliphatic rings. The van der Waals surface area contributed by atoms with Crippen LogP contribution in [0.3, 0.4) is 0 Å². The Labute approximate surface area is 117 Å². The molecule has 3 rings (SSSR count). The van der Waals surface area contributed by atoms with Gasteiger partial charge in [-0.1, -0.05) is 53.7 Å². The minimum absolute atomic E-state index is 0.128. The molecule has 0 aromatic heterocycles. The monoisotopic (exact) mass is 266 g/mol. The number of rotatable bonds is 2. The molecular formula is C16H14N2O2. The lowest BCUT2D eigenvalue weighted by Crippen LogP contribution is -2.29. The van der Waals surface area contributed by atoms with Crippen LogP contribution in [0.4, 0.5) is 5.69 Å². The maximum Gasteiger partial charge on any atom is 0.276 e. The first-order valence-corrected chi connectivity index (χ1v) is 6.45. The van der Waals surface area contributed by atoms with Gasteiger partial charge in [-0.25, -0.2) is 0 Å². The summed E-state index contributed by atoms with van der Waals surface area (Å²) >= 11 is 0. The molecule has 1 atom stereocenters. The minimum Gasteiger partial charge on any atom is -0.410 e. The number of benzene rings is 2. The van der Waals surface area contributed by atoms with Gasteiger partial charge in [-0.15, -0.1) is 0 Å². The number of carbonyl (C=O) groups excluding carboxylic acids is 1. The molecule has 1 saturated heterocycles. The molecule has 0 aliphatic carbocycles. The largest absolute Gasteiger partial charge is 0.410 e. The summed E-state index contributed by atoms with van der Waals surface area (Å²) in [6.07, 6.45) is 0.411. The molecule has 0 radical (unpaired) electrons. The van der Waals surface area contributed by atoms with Crippen molar-refractivity contribution in [1.29, 1.82) is 0 Å². The van der Waals surface area contributed by atoms with Crippen molar-refractivity contribution >= 4 is 17.3 Å². The van der Waals surface area contributed by atoms with E-state index in [9.17, 15) is 4.79 Å². The fraction of sp³-hybridized carbons (Fsp3) is 0.125. The third-order valence-corrected chi connectivity index (χ3v) is 3.50. The summed E-state index contributed by atoms with van der Waals surface area (Å²) in [4.78, 5) is 14.0. The average molecular weight is 266 g/mol. The normalized spacial score (nSPS) is 20.6. The van der Waals surface area contributed by atoms with Crippen LogP contribution in [0, 0.1) is 0 Å². The van der Waals surface area contributed by atoms with Gasteiger partial charge in [0.2, 0.25) is 0 Å². The molecule has 100 valence electrons. The smallest absolute Gasteiger partial charge is 0.276 e. The third-order valence-electron chi connectivity index (χ3n) is 3.50. The average Bonchev–Trinajstić information content (AvgIpc) is 2.86. The molecule has 4 heteroatoms. The predicted molar refractivity (Wildman–Crippen MR) is 76.9 cm³/mol. The van der Waals surface area contributed by atoms with E-state index < -0.39 is 0 Å². The quantitative estimate of drug-likeness (QED) is 0.671. The van der Waals surface area contributed by atoms with Crippen molar-refractivity contribution in [2.75, 3.05) is 4.90 Å². The van der Waals surface area contributed by atoms with Gasteiger partial charge >= 0.3 is 0 Å². The fourth-order valence-electron chi connectivity index (χ4n) is 2.55. The van der Waals surface area contributed by atoms with E-state index in [1.165, 1.54) is 0 Å². The second kappa shape index (κ2) is 5.17. The Morgan fingerprint density at radius 3 is 2.20 bits per heavy atom. The molecule has 0 bridgehead atoms. The van der Waals surface area contributed by atoms with E-state index in [4.69, 9.17) is 5.21 Å². The van der Waals surface area contributed by atoms with Gasteiger partial charge in [-0.05, 0) is 17.7 Å². The van der Waals surface area contributed by atoms with Gasteiger partial charge in [0, 0.05) is 12.1 Å². The molecule has 1 heterocycles. The molecule has 2 aromatic rings. The summed E-state index contributed by atoms with van der Waals surface area (Å²) in [7, 11) is 0. The van der Waals surface area contributed by atoms with Crippen molar-refractivity contribution in [1.82, 2.24) is 0 Å². The van der Waals surface area contributed by atoms with Crippen molar-refractivity contribution in [3.05, 3.63) is 66.2 Å². The van der Waals surface area contributed by atoms with Gasteiger partial charge < -0.3 is 5.21 Å². The lowest BCUT2D eigenvalue weighted by Gasteiger charge is -2.24. The first-order valence-electron chi connectivity index (χ1n) is 6.45. The predicted octanol–water partition coefficient (Wildman–Crippen LogP) is 2.99. The molecule has 1 unspecified atom stereocenters. The molecule has 0 spiro atoms. The van der Waals surface area contributed by atoms with Gasteiger partial charge in [-0.2, -0.15) is 0 Å². The Morgan fingerprint density at radius 2 is 1.60 bits per heavy atom. The van der Waals surface area contributed by atoms with Crippen LogP contribution < -0.4 is 4.90 Å². The van der Waals surface area contributed by atoms with Crippen molar-refractivity contribution in [3.63, 3.8) is 0 Å². The number of carbonyl (C=O) groups is 1. The Bertz CT molecular complexity index is 638. The Balaban J connectivity index is 2.06. The second-order valence-corrected chi connectivity index (χ2v) is 4.69. The van der Waals surface area contributed by atoms with Crippen LogP contribution in [-0.4, -0.2) is 16.8 Å². The van der Waals surface area contributed by atoms with Crippen LogP contribution >= 0.6 is 0 Å². The van der Waals surface area contributed by atoms with Crippen LogP contribution in [0.25, 0.3) is 0 Å². The summed E-state index contributed by atoms with van der Waals surface area (Å²) in [5.74, 6) is -0.243. The molecule has 1 fully saturated rings. The van der Waals surface area contributed by atoms with Gasteiger partial charge in [0.05, 0.1) is 6.04 Å². The summed E-state index contributed by atoms with van der Waals surface area (Å²) in [5, 5.41) is 12.2. The zero-order valence-electron chi connectivity index (χ0n) is 10.8. The lowest BCUT2D eigenvalue weighted by atomic mass is 10.0. The summed E-state index contributed by atoms with van der Waals surface area (Å²) in [6.45, 7) is 0. The van der Waals surface area contributed by atoms with E-state index in [2.05, 4.69) is 5.16 Å². The van der Waals surface area contributed by atoms with Crippen molar-refractivity contribution in [3.8, 4) is 0 Å². The Morgan fingerprint density at radius 1 is 1.00 bits per heavy atom. The van der Waals surface area contributed by atoms with E-state index in [-0.39, 0.29) is 17.7 Å². The Kier molecular flexibility index (Phi) is 3.21. The van der Waals surface area contributed by atoms with E-state index in [1.54, 1.807) is 4.90 Å². The van der Waals surface area contributed by atoms with Gasteiger partial charge in [0.25, 0.3) is 5.91 Å². The van der Waals surface area contributed by atoms with E-state index in [0.717, 1.165) is 11.3 Å². The van der Waals surface area contributed by atoms with Crippen molar-refractivity contribution < 1.29 is 10.0 Å². The van der Waals surface area contributed by atoms with Crippen LogP contribution in [0.5, 0.6) is 0 Å². The number of amides is 1. The van der Waals surface area contributed by atoms with Gasteiger partial charge in [-0.3, -0.25) is 9.69 Å². The molecule has 2 aromatic carbocycles. The number of nitrogens with zero attached hydrogens (tertiary/aromatic N) is 2.